The summed E-state index contributed by atoms with van der Waals surface area (Å²) in [6, 6.07) is 22.9. The highest BCUT2D eigenvalue weighted by Crippen LogP contribution is 2.59. The van der Waals surface area contributed by atoms with Crippen molar-refractivity contribution in [3.8, 4) is 0 Å². The van der Waals surface area contributed by atoms with Gasteiger partial charge >= 0.3 is 12.4 Å². The normalized spacial score (nSPS) is 26.0. The van der Waals surface area contributed by atoms with E-state index in [4.69, 9.17) is 13.6 Å². The molecule has 55 heavy (non-hydrogen) atoms. The molecule has 6 atom stereocenters. The first-order chi connectivity index (χ1) is 25.8. The van der Waals surface area contributed by atoms with Crippen molar-refractivity contribution in [2.45, 2.75) is 69.5 Å². The largest absolute Gasteiger partial charge is 0.461 e. The molecule has 292 valence electrons. The number of carbonyl (C=O) groups is 2. The van der Waals surface area contributed by atoms with Crippen LogP contribution in [0, 0.1) is 23.7 Å². The smallest absolute Gasteiger partial charge is 0.416 e. The lowest BCUT2D eigenvalue weighted by molar-refractivity contribution is -0.274. The Balaban J connectivity index is 1.32. The minimum absolute atomic E-state index is 0.0715. The van der Waals surface area contributed by atoms with Gasteiger partial charge < -0.3 is 23.8 Å². The average Bonchev–Trinajstić information content (AvgIpc) is 3.82. The third-order valence-corrected chi connectivity index (χ3v) is 16.3. The number of alkyl halides is 6. The Morgan fingerprint density at radius 1 is 0.818 bits per heavy atom. The molecule has 4 aromatic rings. The van der Waals surface area contributed by atoms with E-state index in [-0.39, 0.29) is 37.0 Å². The number of aliphatic hydroxyl groups is 2. The SMILES string of the molecule is CC(C)(C)[Si](OC[C@H]1C[C@@H]2C(=O)N(c3cc(C(F)(F)F)cc(C(F)(F)F)c3)C(=O)[C@@H]2[C@@H]2C[C@@H](c3ccc(CO)o3)O[C@]12O)(c1ccccc1)c1ccccc1. The number of amides is 2. The van der Waals surface area contributed by atoms with Crippen LogP contribution in [0.3, 0.4) is 0 Å². The Kier molecular flexibility index (Phi) is 9.73. The Morgan fingerprint density at radius 3 is 1.87 bits per heavy atom. The zero-order valence-electron chi connectivity index (χ0n) is 30.0. The highest BCUT2D eigenvalue weighted by molar-refractivity contribution is 6.99. The molecule has 15 heteroatoms. The molecule has 7 rings (SSSR count). The second-order valence-corrected chi connectivity index (χ2v) is 19.8. The van der Waals surface area contributed by atoms with Crippen LogP contribution in [0.15, 0.2) is 95.4 Å². The van der Waals surface area contributed by atoms with Crippen molar-refractivity contribution in [3.63, 3.8) is 0 Å². The molecule has 2 amide bonds. The zero-order valence-corrected chi connectivity index (χ0v) is 31.0. The first kappa shape index (κ1) is 39.0. The lowest BCUT2D eigenvalue weighted by Gasteiger charge is -2.48. The molecule has 1 aromatic heterocycles. The summed E-state index contributed by atoms with van der Waals surface area (Å²) >= 11 is 0. The van der Waals surface area contributed by atoms with E-state index < -0.39 is 96.5 Å². The van der Waals surface area contributed by atoms with Crippen LogP contribution >= 0.6 is 0 Å². The Labute approximate surface area is 313 Å². The van der Waals surface area contributed by atoms with Gasteiger partial charge in [-0.25, -0.2) is 0 Å². The number of imide groups is 1. The molecule has 1 saturated carbocycles. The Morgan fingerprint density at radius 2 is 1.38 bits per heavy atom. The number of hydrogen-bond donors (Lipinski definition) is 2. The zero-order chi connectivity index (χ0) is 39.7. The molecule has 8 nitrogen and oxygen atoms in total. The van der Waals surface area contributed by atoms with Crippen molar-refractivity contribution in [3.05, 3.63) is 114 Å². The summed E-state index contributed by atoms with van der Waals surface area (Å²) in [6.45, 7) is 5.53. The van der Waals surface area contributed by atoms with Gasteiger partial charge in [0.05, 0.1) is 28.7 Å². The van der Waals surface area contributed by atoms with Gasteiger partial charge in [-0.2, -0.15) is 26.3 Å². The van der Waals surface area contributed by atoms with Crippen LogP contribution in [0.5, 0.6) is 0 Å². The molecule has 2 saturated heterocycles. The van der Waals surface area contributed by atoms with Crippen molar-refractivity contribution < 1.29 is 59.7 Å². The standard InChI is InChI=1S/C40H39F6NO7Si/c1-37(2,3)55(28-10-6-4-7-11-28,29-12-8-5-9-13-29)52-22-25-19-30-34(31-20-33(54-38(25,31)51)32-15-14-27(21-48)53-32)36(50)47(35(30)49)26-17-23(39(41,42)43)16-24(18-26)40(44,45)46/h4-18,25,30-31,33-34,48,51H,19-22H2,1-3H3/t25-,30+,31+,33+,34+,38-/m1/s1. The number of aliphatic hydroxyl groups excluding tert-OH is 1. The number of anilines is 1. The minimum Gasteiger partial charge on any atom is -0.461 e. The maximum Gasteiger partial charge on any atom is 0.416 e. The number of halogens is 6. The molecule has 1 aliphatic carbocycles. The molecule has 3 fully saturated rings. The number of furan rings is 1. The summed E-state index contributed by atoms with van der Waals surface area (Å²) in [6.07, 6.45) is -11.7. The number of hydrogen-bond acceptors (Lipinski definition) is 7. The van der Waals surface area contributed by atoms with E-state index in [0.29, 0.717) is 17.0 Å². The van der Waals surface area contributed by atoms with E-state index in [2.05, 4.69) is 0 Å². The Bertz CT molecular complexity index is 1990. The van der Waals surface area contributed by atoms with E-state index in [1.54, 1.807) is 0 Å². The monoisotopic (exact) mass is 787 g/mol. The second-order valence-electron chi connectivity index (χ2n) is 15.5. The van der Waals surface area contributed by atoms with Gasteiger partial charge in [0.1, 0.15) is 24.2 Å². The third-order valence-electron chi connectivity index (χ3n) is 11.3. The summed E-state index contributed by atoms with van der Waals surface area (Å²) < 4.78 is 103. The van der Waals surface area contributed by atoms with Gasteiger partial charge in [-0.05, 0) is 58.6 Å². The molecule has 0 radical (unpaired) electrons. The maximum absolute atomic E-state index is 14.3. The van der Waals surface area contributed by atoms with Crippen molar-refractivity contribution in [1.82, 2.24) is 0 Å². The van der Waals surface area contributed by atoms with E-state index >= 15 is 0 Å². The van der Waals surface area contributed by atoms with Crippen LogP contribution < -0.4 is 15.3 Å². The topological polar surface area (TPSA) is 109 Å². The number of nitrogens with zero attached hydrogens (tertiary/aromatic N) is 1. The highest BCUT2D eigenvalue weighted by Gasteiger charge is 2.68. The van der Waals surface area contributed by atoms with E-state index in [1.807, 2.05) is 81.4 Å². The lowest BCUT2D eigenvalue weighted by Crippen LogP contribution is -2.67. The maximum atomic E-state index is 14.3. The second kappa shape index (κ2) is 13.7. The summed E-state index contributed by atoms with van der Waals surface area (Å²) in [5.41, 5.74) is -4.23. The quantitative estimate of drug-likeness (QED) is 0.113. The molecule has 0 bridgehead atoms. The van der Waals surface area contributed by atoms with Crippen LogP contribution in [0.2, 0.25) is 5.04 Å². The van der Waals surface area contributed by atoms with E-state index in [0.717, 1.165) is 10.4 Å². The van der Waals surface area contributed by atoms with Gasteiger partial charge in [-0.3, -0.25) is 14.5 Å². The lowest BCUT2D eigenvalue weighted by atomic mass is 9.64. The summed E-state index contributed by atoms with van der Waals surface area (Å²) in [4.78, 5) is 28.9. The van der Waals surface area contributed by atoms with Gasteiger partial charge in [-0.15, -0.1) is 0 Å². The number of benzene rings is 3. The molecule has 3 aliphatic rings. The molecule has 2 N–H and O–H groups in total. The van der Waals surface area contributed by atoms with Gasteiger partial charge in [0.2, 0.25) is 11.8 Å². The van der Waals surface area contributed by atoms with Gasteiger partial charge in [0.15, 0.2) is 5.79 Å². The summed E-state index contributed by atoms with van der Waals surface area (Å²) in [7, 11) is -3.26. The first-order valence-corrected chi connectivity index (χ1v) is 19.7. The molecule has 0 unspecified atom stereocenters. The Hall–Kier alpha value is -4.28. The van der Waals surface area contributed by atoms with Gasteiger partial charge in [0.25, 0.3) is 8.32 Å². The fourth-order valence-corrected chi connectivity index (χ4v) is 13.4. The molecule has 0 spiro atoms. The van der Waals surface area contributed by atoms with Gasteiger partial charge in [-0.1, -0.05) is 81.4 Å². The minimum atomic E-state index is -5.22. The predicted molar refractivity (Wildman–Crippen MR) is 189 cm³/mol. The summed E-state index contributed by atoms with van der Waals surface area (Å²) in [5.74, 6) is -8.50. The number of ether oxygens (including phenoxy) is 1. The van der Waals surface area contributed by atoms with E-state index in [9.17, 15) is 46.1 Å². The first-order valence-electron chi connectivity index (χ1n) is 17.8. The summed E-state index contributed by atoms with van der Waals surface area (Å²) in [5, 5.41) is 23.6. The molecular weight excluding hydrogens is 749 g/mol. The van der Waals surface area contributed by atoms with Crippen LogP contribution in [-0.4, -0.2) is 42.7 Å². The van der Waals surface area contributed by atoms with Crippen LogP contribution in [-0.2, 0) is 37.7 Å². The molecule has 2 aliphatic heterocycles. The molecular formula is C40H39F6NO7Si. The predicted octanol–water partition coefficient (Wildman–Crippen LogP) is 6.98. The number of rotatable bonds is 8. The van der Waals surface area contributed by atoms with Crippen molar-refractivity contribution in [1.29, 1.82) is 0 Å². The average molecular weight is 788 g/mol. The molecule has 3 aromatic carbocycles. The van der Waals surface area contributed by atoms with Crippen molar-refractivity contribution in [2.75, 3.05) is 11.5 Å². The van der Waals surface area contributed by atoms with Gasteiger partial charge in [0, 0.05) is 18.4 Å². The number of carbonyl (C=O) groups excluding carboxylic acids is 2. The fourth-order valence-electron chi connectivity index (χ4n) is 8.81. The van der Waals surface area contributed by atoms with Crippen LogP contribution in [0.1, 0.15) is 62.4 Å². The molecule has 3 heterocycles. The van der Waals surface area contributed by atoms with E-state index in [1.165, 1.54) is 12.1 Å². The third kappa shape index (κ3) is 6.62. The van der Waals surface area contributed by atoms with Crippen molar-refractivity contribution >= 4 is 36.2 Å². The number of fused-ring (bicyclic) bond motifs is 3. The van der Waals surface area contributed by atoms with Crippen LogP contribution in [0.25, 0.3) is 0 Å². The van der Waals surface area contributed by atoms with Crippen LogP contribution in [0.4, 0.5) is 32.0 Å². The van der Waals surface area contributed by atoms with Crippen molar-refractivity contribution in [2.24, 2.45) is 23.7 Å². The highest BCUT2D eigenvalue weighted by atomic mass is 28.4. The fraction of sp³-hybridized carbons (Fsp3) is 0.400.